The Morgan fingerprint density at radius 2 is 1.86 bits per heavy atom. The van der Waals surface area contributed by atoms with Gasteiger partial charge in [0, 0.05) is 12.1 Å². The number of hydrogen-bond donors (Lipinski definition) is 2. The lowest BCUT2D eigenvalue weighted by Gasteiger charge is -2.08. The van der Waals surface area contributed by atoms with Crippen molar-refractivity contribution in [1.29, 1.82) is 0 Å². The van der Waals surface area contributed by atoms with E-state index in [-0.39, 0.29) is 12.3 Å². The molecular formula is C16H14ClNO3. The molecule has 1 amide bonds. The Balaban J connectivity index is 2.09. The average Bonchev–Trinajstić information content (AvgIpc) is 2.46. The number of hydrogen-bond acceptors (Lipinski definition) is 2. The zero-order valence-corrected chi connectivity index (χ0v) is 11.9. The van der Waals surface area contributed by atoms with Crippen LogP contribution in [0, 0.1) is 0 Å². The van der Waals surface area contributed by atoms with Crippen LogP contribution in [0.15, 0.2) is 48.5 Å². The van der Waals surface area contributed by atoms with Gasteiger partial charge in [0.2, 0.25) is 0 Å². The van der Waals surface area contributed by atoms with E-state index in [1.54, 1.807) is 42.5 Å². The molecule has 0 heterocycles. The number of aliphatic carboxylic acids is 1. The summed E-state index contributed by atoms with van der Waals surface area (Å²) in [6.45, 7) is 0. The highest BCUT2D eigenvalue weighted by Gasteiger charge is 2.10. The molecule has 108 valence electrons. The molecule has 0 unspecified atom stereocenters. The SMILES string of the molecule is O=C(O)CCc1cccc(NC(=O)c2ccccc2Cl)c1. The van der Waals surface area contributed by atoms with E-state index in [0.29, 0.717) is 22.7 Å². The predicted molar refractivity (Wildman–Crippen MR) is 81.8 cm³/mol. The molecule has 0 aromatic heterocycles. The molecule has 21 heavy (non-hydrogen) atoms. The minimum absolute atomic E-state index is 0.0575. The van der Waals surface area contributed by atoms with Crippen LogP contribution < -0.4 is 5.32 Å². The maximum atomic E-state index is 12.1. The quantitative estimate of drug-likeness (QED) is 0.886. The summed E-state index contributed by atoms with van der Waals surface area (Å²) < 4.78 is 0. The van der Waals surface area contributed by atoms with E-state index in [0.717, 1.165) is 5.56 Å². The van der Waals surface area contributed by atoms with Crippen LogP contribution in [0.5, 0.6) is 0 Å². The molecular weight excluding hydrogens is 290 g/mol. The second kappa shape index (κ2) is 6.90. The van der Waals surface area contributed by atoms with Gasteiger partial charge in [-0.1, -0.05) is 35.9 Å². The van der Waals surface area contributed by atoms with Gasteiger partial charge in [0.25, 0.3) is 5.91 Å². The Bertz CT molecular complexity index is 670. The molecule has 4 nitrogen and oxygen atoms in total. The third kappa shape index (κ3) is 4.33. The van der Waals surface area contributed by atoms with Gasteiger partial charge in [0.1, 0.15) is 0 Å². The monoisotopic (exact) mass is 303 g/mol. The highest BCUT2D eigenvalue weighted by atomic mass is 35.5. The summed E-state index contributed by atoms with van der Waals surface area (Å²) in [7, 11) is 0. The number of amides is 1. The number of carboxylic acids is 1. The van der Waals surface area contributed by atoms with Gasteiger partial charge in [-0.05, 0) is 36.2 Å². The van der Waals surface area contributed by atoms with Crippen molar-refractivity contribution in [2.75, 3.05) is 5.32 Å². The molecule has 5 heteroatoms. The van der Waals surface area contributed by atoms with Crippen LogP contribution in [0.25, 0.3) is 0 Å². The largest absolute Gasteiger partial charge is 0.481 e. The highest BCUT2D eigenvalue weighted by molar-refractivity contribution is 6.34. The molecule has 2 rings (SSSR count). The summed E-state index contributed by atoms with van der Waals surface area (Å²) >= 11 is 5.98. The van der Waals surface area contributed by atoms with Crippen LogP contribution in [0.1, 0.15) is 22.3 Å². The number of nitrogens with one attached hydrogen (secondary N) is 1. The van der Waals surface area contributed by atoms with E-state index in [1.807, 2.05) is 6.07 Å². The lowest BCUT2D eigenvalue weighted by molar-refractivity contribution is -0.136. The van der Waals surface area contributed by atoms with Crippen LogP contribution >= 0.6 is 11.6 Å². The third-order valence-corrected chi connectivity index (χ3v) is 3.26. The molecule has 0 saturated heterocycles. The van der Waals surface area contributed by atoms with E-state index >= 15 is 0 Å². The van der Waals surface area contributed by atoms with Gasteiger partial charge in [-0.15, -0.1) is 0 Å². The Kier molecular flexibility index (Phi) is 4.95. The predicted octanol–water partition coefficient (Wildman–Crippen LogP) is 3.61. The highest BCUT2D eigenvalue weighted by Crippen LogP contribution is 2.18. The minimum atomic E-state index is -0.847. The number of anilines is 1. The van der Waals surface area contributed by atoms with Crippen LogP contribution in [0.4, 0.5) is 5.69 Å². The van der Waals surface area contributed by atoms with Gasteiger partial charge in [0.15, 0.2) is 0 Å². The molecule has 0 bridgehead atoms. The van der Waals surface area contributed by atoms with Crippen LogP contribution in [0.2, 0.25) is 5.02 Å². The van der Waals surface area contributed by atoms with Crippen LogP contribution in [-0.2, 0) is 11.2 Å². The molecule has 2 N–H and O–H groups in total. The van der Waals surface area contributed by atoms with E-state index in [2.05, 4.69) is 5.32 Å². The lowest BCUT2D eigenvalue weighted by Crippen LogP contribution is -2.12. The van der Waals surface area contributed by atoms with Crippen molar-refractivity contribution < 1.29 is 14.7 Å². The Labute approximate surface area is 127 Å². The fourth-order valence-corrected chi connectivity index (χ4v) is 2.12. The average molecular weight is 304 g/mol. The summed E-state index contributed by atoms with van der Waals surface area (Å²) in [4.78, 5) is 22.7. The maximum absolute atomic E-state index is 12.1. The molecule has 0 fully saturated rings. The van der Waals surface area contributed by atoms with E-state index in [1.165, 1.54) is 0 Å². The second-order valence-corrected chi connectivity index (χ2v) is 4.94. The molecule has 0 aliphatic rings. The summed E-state index contributed by atoms with van der Waals surface area (Å²) in [5.41, 5.74) is 1.87. The summed E-state index contributed by atoms with van der Waals surface area (Å²) in [5.74, 6) is -1.14. The molecule has 0 radical (unpaired) electrons. The van der Waals surface area contributed by atoms with Crippen molar-refractivity contribution in [1.82, 2.24) is 0 Å². The molecule has 0 atom stereocenters. The van der Waals surface area contributed by atoms with Gasteiger partial charge in [-0.3, -0.25) is 9.59 Å². The standard InChI is InChI=1S/C16H14ClNO3/c17-14-7-2-1-6-13(14)16(21)18-12-5-3-4-11(10-12)8-9-15(19)20/h1-7,10H,8-9H2,(H,18,21)(H,19,20). The third-order valence-electron chi connectivity index (χ3n) is 2.93. The van der Waals surface area contributed by atoms with E-state index in [4.69, 9.17) is 16.7 Å². The summed E-state index contributed by atoms with van der Waals surface area (Å²) in [5, 5.41) is 11.8. The van der Waals surface area contributed by atoms with Crippen molar-refractivity contribution in [3.8, 4) is 0 Å². The number of aryl methyl sites for hydroxylation is 1. The van der Waals surface area contributed by atoms with Crippen molar-refractivity contribution in [2.45, 2.75) is 12.8 Å². The second-order valence-electron chi connectivity index (χ2n) is 4.53. The molecule has 0 saturated carbocycles. The van der Waals surface area contributed by atoms with Gasteiger partial charge >= 0.3 is 5.97 Å². The van der Waals surface area contributed by atoms with Crippen LogP contribution in [-0.4, -0.2) is 17.0 Å². The lowest BCUT2D eigenvalue weighted by atomic mass is 10.1. The maximum Gasteiger partial charge on any atom is 0.303 e. The van der Waals surface area contributed by atoms with Gasteiger partial charge < -0.3 is 10.4 Å². The van der Waals surface area contributed by atoms with Crippen molar-refractivity contribution in [3.63, 3.8) is 0 Å². The number of carbonyl (C=O) groups is 2. The van der Waals surface area contributed by atoms with Gasteiger partial charge in [0.05, 0.1) is 10.6 Å². The molecule has 0 aliphatic heterocycles. The van der Waals surface area contributed by atoms with Crippen molar-refractivity contribution in [2.24, 2.45) is 0 Å². The normalized spacial score (nSPS) is 10.1. The first-order chi connectivity index (χ1) is 10.1. The Morgan fingerprint density at radius 3 is 2.57 bits per heavy atom. The first-order valence-corrected chi connectivity index (χ1v) is 6.80. The first-order valence-electron chi connectivity index (χ1n) is 6.43. The van der Waals surface area contributed by atoms with Gasteiger partial charge in [-0.2, -0.15) is 0 Å². The minimum Gasteiger partial charge on any atom is -0.481 e. The number of carbonyl (C=O) groups excluding carboxylic acids is 1. The Hall–Kier alpha value is -2.33. The van der Waals surface area contributed by atoms with Gasteiger partial charge in [-0.25, -0.2) is 0 Å². The smallest absolute Gasteiger partial charge is 0.303 e. The summed E-state index contributed by atoms with van der Waals surface area (Å²) in [6, 6.07) is 13.9. The molecule has 2 aromatic rings. The number of benzene rings is 2. The Morgan fingerprint density at radius 1 is 1.10 bits per heavy atom. The molecule has 0 aliphatic carbocycles. The van der Waals surface area contributed by atoms with Crippen molar-refractivity contribution in [3.05, 3.63) is 64.7 Å². The van der Waals surface area contributed by atoms with Crippen molar-refractivity contribution >= 4 is 29.2 Å². The topological polar surface area (TPSA) is 66.4 Å². The molecule has 0 spiro atoms. The van der Waals surface area contributed by atoms with E-state index < -0.39 is 5.97 Å². The first kappa shape index (κ1) is 15.1. The fourth-order valence-electron chi connectivity index (χ4n) is 1.90. The van der Waals surface area contributed by atoms with Crippen LogP contribution in [0.3, 0.4) is 0 Å². The fraction of sp³-hybridized carbons (Fsp3) is 0.125. The zero-order chi connectivity index (χ0) is 15.2. The van der Waals surface area contributed by atoms with E-state index in [9.17, 15) is 9.59 Å². The zero-order valence-electron chi connectivity index (χ0n) is 11.2. The number of halogens is 1. The number of carboxylic acid groups (broad SMARTS) is 1. The number of rotatable bonds is 5. The molecule has 2 aromatic carbocycles. The summed E-state index contributed by atoms with van der Waals surface area (Å²) in [6.07, 6.45) is 0.479.